The molecule has 220 valence electrons. The number of amides is 1. The molecule has 5 aromatic rings. The Balaban J connectivity index is 1.29. The van der Waals surface area contributed by atoms with Crippen LogP contribution in [0.3, 0.4) is 0 Å². The molecule has 1 aliphatic carbocycles. The number of nitrogens with one attached hydrogen (secondary N) is 1. The molecule has 0 aliphatic heterocycles. The molecule has 3 aromatic carbocycles. The van der Waals surface area contributed by atoms with Crippen LogP contribution >= 0.6 is 0 Å². The van der Waals surface area contributed by atoms with Crippen molar-refractivity contribution in [2.75, 3.05) is 6.61 Å². The molecule has 0 radical (unpaired) electrons. The first-order valence-corrected chi connectivity index (χ1v) is 15.3. The van der Waals surface area contributed by atoms with Crippen LogP contribution in [0.2, 0.25) is 0 Å². The largest absolute Gasteiger partial charge is 0.463 e. The van der Waals surface area contributed by atoms with E-state index in [0.717, 1.165) is 53.7 Å². The normalized spacial score (nSPS) is 15.0. The highest BCUT2D eigenvalue weighted by molar-refractivity contribution is 6.08. The van der Waals surface area contributed by atoms with Crippen molar-refractivity contribution in [2.45, 2.75) is 65.0 Å². The van der Waals surface area contributed by atoms with E-state index in [1.807, 2.05) is 37.3 Å². The van der Waals surface area contributed by atoms with E-state index in [9.17, 15) is 9.59 Å². The summed E-state index contributed by atoms with van der Waals surface area (Å²) in [6.45, 7) is 6.40. The molecule has 6 rings (SSSR count). The van der Waals surface area contributed by atoms with Gasteiger partial charge in [-0.15, -0.1) is 0 Å². The number of nitrogens with zero attached hydrogens (tertiary/aromatic N) is 2. The zero-order chi connectivity index (χ0) is 29.9. The highest BCUT2D eigenvalue weighted by Gasteiger charge is 2.33. The van der Waals surface area contributed by atoms with Gasteiger partial charge in [-0.25, -0.2) is 4.98 Å². The number of carbonyl (C=O) groups is 2. The summed E-state index contributed by atoms with van der Waals surface area (Å²) in [5.41, 5.74) is 7.53. The molecule has 43 heavy (non-hydrogen) atoms. The van der Waals surface area contributed by atoms with E-state index in [1.165, 1.54) is 28.8 Å². The van der Waals surface area contributed by atoms with Crippen molar-refractivity contribution in [1.29, 1.82) is 0 Å². The Hall–Kier alpha value is -4.45. The van der Waals surface area contributed by atoms with Crippen molar-refractivity contribution in [3.63, 3.8) is 0 Å². The van der Waals surface area contributed by atoms with Crippen LogP contribution in [0.5, 0.6) is 0 Å². The zero-order valence-corrected chi connectivity index (χ0v) is 25.2. The minimum absolute atomic E-state index is 0.0156. The molecule has 1 aliphatic rings. The average Bonchev–Trinajstić information content (AvgIpc) is 3.64. The predicted molar refractivity (Wildman–Crippen MR) is 171 cm³/mol. The summed E-state index contributed by atoms with van der Waals surface area (Å²) in [5, 5.41) is 5.66. The van der Waals surface area contributed by atoms with Gasteiger partial charge in [0.25, 0.3) is 0 Å². The summed E-state index contributed by atoms with van der Waals surface area (Å²) in [6, 6.07) is 28.5. The number of aromatic nitrogens is 2. The van der Waals surface area contributed by atoms with Gasteiger partial charge >= 0.3 is 5.97 Å². The van der Waals surface area contributed by atoms with Crippen LogP contribution in [-0.4, -0.2) is 28.0 Å². The number of hydrogen-bond donors (Lipinski definition) is 1. The van der Waals surface area contributed by atoms with Gasteiger partial charge in [-0.05, 0) is 67.0 Å². The smallest absolute Gasteiger partial charge is 0.302 e. The van der Waals surface area contributed by atoms with Crippen molar-refractivity contribution in [1.82, 2.24) is 14.9 Å². The first-order valence-electron chi connectivity index (χ1n) is 15.3. The number of aryl methyl sites for hydroxylation is 2. The fraction of sp³-hybridized carbons (Fsp3) is 0.324. The number of fused-ring (bicyclic) bond motifs is 3. The maximum Gasteiger partial charge on any atom is 0.302 e. The van der Waals surface area contributed by atoms with Crippen molar-refractivity contribution in [2.24, 2.45) is 5.92 Å². The van der Waals surface area contributed by atoms with E-state index >= 15 is 0 Å². The van der Waals surface area contributed by atoms with Gasteiger partial charge in [-0.2, -0.15) is 0 Å². The summed E-state index contributed by atoms with van der Waals surface area (Å²) in [4.78, 5) is 30.6. The number of carbonyl (C=O) groups excluding carboxylic acids is 2. The minimum Gasteiger partial charge on any atom is -0.463 e. The molecule has 0 saturated heterocycles. The van der Waals surface area contributed by atoms with Gasteiger partial charge in [0.1, 0.15) is 12.3 Å². The lowest BCUT2D eigenvalue weighted by atomic mass is 9.83. The third kappa shape index (κ3) is 6.05. The molecule has 6 heteroatoms. The topological polar surface area (TPSA) is 73.2 Å². The van der Waals surface area contributed by atoms with E-state index < -0.39 is 6.04 Å². The van der Waals surface area contributed by atoms with Gasteiger partial charge < -0.3 is 14.6 Å². The number of rotatable bonds is 9. The fourth-order valence-electron chi connectivity index (χ4n) is 6.85. The van der Waals surface area contributed by atoms with Gasteiger partial charge in [-0.1, -0.05) is 85.6 Å². The molecular weight excluding hydrogens is 534 g/mol. The Kier molecular flexibility index (Phi) is 8.28. The molecule has 1 saturated carbocycles. The lowest BCUT2D eigenvalue weighted by Gasteiger charge is -2.27. The van der Waals surface area contributed by atoms with Crippen LogP contribution in [-0.2, 0) is 20.9 Å². The van der Waals surface area contributed by atoms with Crippen LogP contribution in [0.25, 0.3) is 21.9 Å². The zero-order valence-electron chi connectivity index (χ0n) is 25.2. The second-order valence-electron chi connectivity index (χ2n) is 11.9. The highest BCUT2D eigenvalue weighted by atomic mass is 16.5. The molecule has 2 atom stereocenters. The van der Waals surface area contributed by atoms with Crippen LogP contribution in [0.15, 0.2) is 84.9 Å². The van der Waals surface area contributed by atoms with Gasteiger partial charge in [0.05, 0.1) is 17.5 Å². The lowest BCUT2D eigenvalue weighted by Crippen LogP contribution is -2.37. The van der Waals surface area contributed by atoms with Crippen molar-refractivity contribution in [3.05, 3.63) is 113 Å². The quantitative estimate of drug-likeness (QED) is 0.185. The van der Waals surface area contributed by atoms with Crippen molar-refractivity contribution >= 4 is 33.8 Å². The van der Waals surface area contributed by atoms with Gasteiger partial charge in [0, 0.05) is 29.9 Å². The average molecular weight is 574 g/mol. The fourth-order valence-corrected chi connectivity index (χ4v) is 6.85. The first kappa shape index (κ1) is 28.7. The Morgan fingerprint density at radius 1 is 0.930 bits per heavy atom. The van der Waals surface area contributed by atoms with Crippen molar-refractivity contribution in [3.8, 4) is 0 Å². The van der Waals surface area contributed by atoms with E-state index in [4.69, 9.17) is 9.72 Å². The van der Waals surface area contributed by atoms with E-state index in [0.29, 0.717) is 6.54 Å². The maximum absolute atomic E-state index is 14.0. The van der Waals surface area contributed by atoms with E-state index in [1.54, 1.807) is 0 Å². The second-order valence-corrected chi connectivity index (χ2v) is 11.9. The summed E-state index contributed by atoms with van der Waals surface area (Å²) >= 11 is 0. The standard InChI is InChI=1S/C37H39N3O3/c1-24-21-25(2)38-36-34(24)31-15-9-10-16-33(31)40(36)22-27-17-19-30(20-18-27)35(29-13-7-8-14-29)37(42)39-32(23-43-26(3)41)28-11-5-4-6-12-28/h4-6,9-12,15-21,29,32,35H,7-8,13-14,22-23H2,1-3H3,(H,39,42)/t32?,35-/m0/s1. The Labute approximate surface area is 253 Å². The molecule has 2 aromatic heterocycles. The predicted octanol–water partition coefficient (Wildman–Crippen LogP) is 7.55. The molecule has 2 heterocycles. The van der Waals surface area contributed by atoms with Crippen LogP contribution in [0.1, 0.15) is 72.5 Å². The number of para-hydroxylation sites is 1. The number of pyridine rings is 1. The Bertz CT molecular complexity index is 1750. The Morgan fingerprint density at radius 3 is 2.35 bits per heavy atom. The minimum atomic E-state index is -0.407. The van der Waals surface area contributed by atoms with Crippen LogP contribution < -0.4 is 5.32 Å². The first-order chi connectivity index (χ1) is 20.9. The molecule has 1 unspecified atom stereocenters. The molecule has 6 nitrogen and oxygen atoms in total. The van der Waals surface area contributed by atoms with Crippen molar-refractivity contribution < 1.29 is 14.3 Å². The lowest BCUT2D eigenvalue weighted by molar-refractivity contribution is -0.142. The number of benzene rings is 3. The third-order valence-corrected chi connectivity index (χ3v) is 8.85. The van der Waals surface area contributed by atoms with E-state index in [-0.39, 0.29) is 30.3 Å². The summed E-state index contributed by atoms with van der Waals surface area (Å²) in [6.07, 6.45) is 4.35. The number of hydrogen-bond acceptors (Lipinski definition) is 4. The maximum atomic E-state index is 14.0. The summed E-state index contributed by atoms with van der Waals surface area (Å²) < 4.78 is 7.66. The number of esters is 1. The van der Waals surface area contributed by atoms with Gasteiger partial charge in [0.15, 0.2) is 0 Å². The second kappa shape index (κ2) is 12.4. The molecule has 1 N–H and O–H groups in total. The molecule has 1 fully saturated rings. The molecular formula is C37H39N3O3. The third-order valence-electron chi connectivity index (χ3n) is 8.85. The molecule has 0 spiro atoms. The summed E-state index contributed by atoms with van der Waals surface area (Å²) in [7, 11) is 0. The number of ether oxygens (including phenoxy) is 1. The summed E-state index contributed by atoms with van der Waals surface area (Å²) in [5.74, 6) is -0.358. The monoisotopic (exact) mass is 573 g/mol. The van der Waals surface area contributed by atoms with Gasteiger partial charge in [0.2, 0.25) is 5.91 Å². The molecule has 1 amide bonds. The van der Waals surface area contributed by atoms with Crippen LogP contribution in [0, 0.1) is 19.8 Å². The molecule has 0 bridgehead atoms. The van der Waals surface area contributed by atoms with Gasteiger partial charge in [-0.3, -0.25) is 9.59 Å². The van der Waals surface area contributed by atoms with E-state index in [2.05, 4.69) is 71.4 Å². The highest BCUT2D eigenvalue weighted by Crippen LogP contribution is 2.38. The SMILES string of the molecule is CC(=O)OCC(NC(=O)[C@H](c1ccc(Cn2c3ccccc3c3c(C)cc(C)nc32)cc1)C1CCCC1)c1ccccc1. The van der Waals surface area contributed by atoms with Crippen LogP contribution in [0.4, 0.5) is 0 Å². The Morgan fingerprint density at radius 2 is 1.63 bits per heavy atom.